The molecule has 5 rings (SSSR count). The van der Waals surface area contributed by atoms with Gasteiger partial charge in [-0.2, -0.15) is 17.5 Å². The van der Waals surface area contributed by atoms with Crippen molar-refractivity contribution in [2.75, 3.05) is 13.1 Å². The Balaban J connectivity index is 1.31. The van der Waals surface area contributed by atoms with Crippen LogP contribution in [0.5, 0.6) is 0 Å². The summed E-state index contributed by atoms with van der Waals surface area (Å²) in [6, 6.07) is 3.41. The molecule has 1 N–H and O–H groups in total. The van der Waals surface area contributed by atoms with E-state index in [-0.39, 0.29) is 29.8 Å². The monoisotopic (exact) mass is 568 g/mol. The SMILES string of the molecule is CC1C(c2cnc(C(F)(F)F)nc2)=CC=C(F)C1CNC(=O)[C@@H]1[C@H]2CC[C@H]2CN1S(=O)(=O)c1ccc(F)cc1. The number of amides is 1. The Morgan fingerprint density at radius 3 is 2.33 bits per heavy atom. The molecule has 1 saturated carbocycles. The highest BCUT2D eigenvalue weighted by molar-refractivity contribution is 7.89. The van der Waals surface area contributed by atoms with Crippen molar-refractivity contribution < 1.29 is 35.2 Å². The van der Waals surface area contributed by atoms with E-state index in [9.17, 15) is 35.2 Å². The molecule has 2 aliphatic carbocycles. The normalized spacial score (nSPS) is 27.3. The summed E-state index contributed by atoms with van der Waals surface area (Å²) in [6.07, 6.45) is 1.44. The highest BCUT2D eigenvalue weighted by atomic mass is 32.2. The molecule has 1 aliphatic heterocycles. The molecule has 2 fully saturated rings. The number of hydrogen-bond donors (Lipinski definition) is 1. The number of nitrogens with zero attached hydrogens (tertiary/aromatic N) is 3. The van der Waals surface area contributed by atoms with Crippen LogP contribution in [-0.2, 0) is 21.0 Å². The maximum Gasteiger partial charge on any atom is 0.451 e. The molecule has 0 radical (unpaired) electrons. The van der Waals surface area contributed by atoms with Gasteiger partial charge in [-0.25, -0.2) is 27.2 Å². The van der Waals surface area contributed by atoms with Crippen LogP contribution in [0.2, 0.25) is 0 Å². The third kappa shape index (κ3) is 5.09. The average molecular weight is 569 g/mol. The van der Waals surface area contributed by atoms with Gasteiger partial charge in [-0.3, -0.25) is 4.79 Å². The van der Waals surface area contributed by atoms with Crippen molar-refractivity contribution in [1.82, 2.24) is 19.6 Å². The molecule has 1 aromatic carbocycles. The molecule has 39 heavy (non-hydrogen) atoms. The molecule has 7 nitrogen and oxygen atoms in total. The number of carbonyl (C=O) groups excluding carboxylic acids is 1. The summed E-state index contributed by atoms with van der Waals surface area (Å²) in [5.41, 5.74) is 0.796. The van der Waals surface area contributed by atoms with Crippen LogP contribution in [0.25, 0.3) is 5.57 Å². The molecule has 2 unspecified atom stereocenters. The van der Waals surface area contributed by atoms with Gasteiger partial charge in [-0.05, 0) is 66.5 Å². The third-order valence-corrected chi connectivity index (χ3v) is 9.76. The number of halogens is 5. The van der Waals surface area contributed by atoms with Crippen molar-refractivity contribution in [3.63, 3.8) is 0 Å². The Bertz CT molecular complexity index is 1420. The number of aromatic nitrogens is 2. The fourth-order valence-corrected chi connectivity index (χ4v) is 7.27. The molecule has 0 spiro atoms. The number of carbonyl (C=O) groups is 1. The zero-order valence-electron chi connectivity index (χ0n) is 20.7. The topological polar surface area (TPSA) is 92.3 Å². The van der Waals surface area contributed by atoms with Crippen molar-refractivity contribution in [2.24, 2.45) is 23.7 Å². The van der Waals surface area contributed by atoms with Gasteiger partial charge in [-0.1, -0.05) is 13.0 Å². The van der Waals surface area contributed by atoms with E-state index < -0.39 is 57.5 Å². The Kier molecular flexibility index (Phi) is 7.08. The van der Waals surface area contributed by atoms with Gasteiger partial charge in [0.2, 0.25) is 21.8 Å². The first-order valence-electron chi connectivity index (χ1n) is 12.4. The first-order chi connectivity index (χ1) is 18.4. The van der Waals surface area contributed by atoms with Gasteiger partial charge < -0.3 is 5.32 Å². The van der Waals surface area contributed by atoms with Crippen LogP contribution < -0.4 is 5.32 Å². The van der Waals surface area contributed by atoms with Gasteiger partial charge in [-0.15, -0.1) is 0 Å². The Morgan fingerprint density at radius 2 is 1.74 bits per heavy atom. The van der Waals surface area contributed by atoms with Gasteiger partial charge in [0.25, 0.3) is 0 Å². The zero-order chi connectivity index (χ0) is 28.1. The van der Waals surface area contributed by atoms with Crippen LogP contribution >= 0.6 is 0 Å². The minimum absolute atomic E-state index is 0.0235. The maximum absolute atomic E-state index is 14.9. The second-order valence-electron chi connectivity index (χ2n) is 10.1. The van der Waals surface area contributed by atoms with Gasteiger partial charge in [0, 0.05) is 37.0 Å². The highest BCUT2D eigenvalue weighted by Crippen LogP contribution is 2.47. The Labute approximate surface area is 221 Å². The third-order valence-electron chi connectivity index (χ3n) is 7.90. The van der Waals surface area contributed by atoms with Crippen molar-refractivity contribution in [1.29, 1.82) is 0 Å². The van der Waals surface area contributed by atoms with E-state index in [1.54, 1.807) is 6.92 Å². The maximum atomic E-state index is 14.9. The summed E-state index contributed by atoms with van der Waals surface area (Å²) >= 11 is 0. The minimum Gasteiger partial charge on any atom is -0.354 e. The Morgan fingerprint density at radius 1 is 1.08 bits per heavy atom. The smallest absolute Gasteiger partial charge is 0.354 e. The van der Waals surface area contributed by atoms with E-state index in [0.717, 1.165) is 47.4 Å². The van der Waals surface area contributed by atoms with Crippen molar-refractivity contribution in [3.05, 3.63) is 71.8 Å². The lowest BCUT2D eigenvalue weighted by atomic mass is 9.73. The summed E-state index contributed by atoms with van der Waals surface area (Å²) in [5, 5.41) is 2.71. The summed E-state index contributed by atoms with van der Waals surface area (Å²) in [7, 11) is -4.08. The van der Waals surface area contributed by atoms with Gasteiger partial charge in [0.05, 0.1) is 4.90 Å². The second kappa shape index (κ2) is 10.1. The highest BCUT2D eigenvalue weighted by Gasteiger charge is 2.54. The molecule has 13 heteroatoms. The molecule has 3 aliphatic rings. The summed E-state index contributed by atoms with van der Waals surface area (Å²) in [4.78, 5) is 20.0. The minimum atomic E-state index is -4.69. The van der Waals surface area contributed by atoms with E-state index in [0.29, 0.717) is 17.6 Å². The lowest BCUT2D eigenvalue weighted by Gasteiger charge is -2.34. The molecule has 2 aromatic rings. The van der Waals surface area contributed by atoms with Crippen molar-refractivity contribution in [3.8, 4) is 0 Å². The van der Waals surface area contributed by atoms with Crippen LogP contribution in [0.4, 0.5) is 22.0 Å². The summed E-state index contributed by atoms with van der Waals surface area (Å²) in [6.45, 7) is 1.69. The number of alkyl halides is 3. The van der Waals surface area contributed by atoms with Gasteiger partial charge in [0.15, 0.2) is 0 Å². The van der Waals surface area contributed by atoms with E-state index in [1.165, 1.54) is 12.2 Å². The molecule has 1 aromatic heterocycles. The van der Waals surface area contributed by atoms with Crippen molar-refractivity contribution in [2.45, 2.75) is 36.9 Å². The molecular weight excluding hydrogens is 543 g/mol. The van der Waals surface area contributed by atoms with Crippen LogP contribution in [0.15, 0.2) is 59.5 Å². The predicted molar refractivity (Wildman–Crippen MR) is 130 cm³/mol. The number of hydrogen-bond acceptors (Lipinski definition) is 5. The number of allylic oxidation sites excluding steroid dienone is 3. The number of nitrogens with one attached hydrogen (secondary N) is 1. The van der Waals surface area contributed by atoms with E-state index in [1.807, 2.05) is 0 Å². The fraction of sp³-hybridized carbons (Fsp3) is 0.423. The van der Waals surface area contributed by atoms with Crippen LogP contribution in [0.1, 0.15) is 31.2 Å². The van der Waals surface area contributed by atoms with Gasteiger partial charge >= 0.3 is 6.18 Å². The molecular formula is C26H25F5N4O3S. The van der Waals surface area contributed by atoms with Gasteiger partial charge in [0.1, 0.15) is 17.7 Å². The first kappa shape index (κ1) is 27.4. The predicted octanol–water partition coefficient (Wildman–Crippen LogP) is 4.35. The first-order valence-corrected chi connectivity index (χ1v) is 13.8. The Hall–Kier alpha value is -3.19. The summed E-state index contributed by atoms with van der Waals surface area (Å²) < 4.78 is 94.5. The molecule has 0 bridgehead atoms. The molecule has 5 atom stereocenters. The number of benzene rings is 1. The van der Waals surface area contributed by atoms with Crippen molar-refractivity contribution >= 4 is 21.5 Å². The lowest BCUT2D eigenvalue weighted by Crippen LogP contribution is -2.50. The second-order valence-corrected chi connectivity index (χ2v) is 12.0. The standard InChI is InChI=1S/C26H25F5N4O3S/c1-14-19(16-10-33-25(34-11-16)26(29,30)31)8-9-22(28)21(14)12-32-24(36)23-20-7-2-15(20)13-35(23)39(37,38)18-5-3-17(27)4-6-18/h3-6,8-11,14-15,20-21,23H,2,7,12-13H2,1H3,(H,32,36)/t14?,15-,20-,21?,23-/m0/s1. The average Bonchev–Trinajstić information content (AvgIpc) is 3.14. The van der Waals surface area contributed by atoms with Crippen LogP contribution in [0, 0.1) is 29.5 Å². The zero-order valence-corrected chi connectivity index (χ0v) is 21.5. The number of fused-ring (bicyclic) bond motifs is 1. The summed E-state index contributed by atoms with van der Waals surface area (Å²) in [5.74, 6) is -4.49. The van der Waals surface area contributed by atoms with Crippen LogP contribution in [-0.4, -0.2) is 47.7 Å². The van der Waals surface area contributed by atoms with E-state index in [4.69, 9.17) is 0 Å². The van der Waals surface area contributed by atoms with E-state index >= 15 is 0 Å². The largest absolute Gasteiger partial charge is 0.451 e. The quantitative estimate of drug-likeness (QED) is 0.524. The fourth-order valence-electron chi connectivity index (χ4n) is 5.58. The molecule has 2 heterocycles. The molecule has 1 amide bonds. The lowest BCUT2D eigenvalue weighted by molar-refractivity contribution is -0.145. The van der Waals surface area contributed by atoms with E-state index in [2.05, 4.69) is 15.3 Å². The number of rotatable bonds is 6. The molecule has 1 saturated heterocycles. The van der Waals surface area contributed by atoms with Crippen LogP contribution in [0.3, 0.4) is 0 Å². The molecule has 208 valence electrons. The number of sulfonamides is 1.